The molecule has 1 aromatic rings. The van der Waals surface area contributed by atoms with E-state index in [9.17, 15) is 35.9 Å². The van der Waals surface area contributed by atoms with E-state index in [0.29, 0.717) is 0 Å². The lowest BCUT2D eigenvalue weighted by atomic mass is 9.96. The minimum atomic E-state index is -5.90. The summed E-state index contributed by atoms with van der Waals surface area (Å²) in [6, 6.07) is 2.12. The summed E-state index contributed by atoms with van der Waals surface area (Å²) in [6.45, 7) is 0.501. The summed E-state index contributed by atoms with van der Waals surface area (Å²) in [5, 5.41) is 9.40. The largest absolute Gasteiger partial charge is 0.506 e. The maximum absolute atomic E-state index is 14.5. The second kappa shape index (κ2) is 7.83. The summed E-state index contributed by atoms with van der Waals surface area (Å²) in [4.78, 5) is 22.5. The molecule has 0 aromatic heterocycles. The lowest BCUT2D eigenvalue weighted by Crippen LogP contribution is -2.47. The Morgan fingerprint density at radius 1 is 1.19 bits per heavy atom. The first kappa shape index (κ1) is 22.9. The fourth-order valence-corrected chi connectivity index (χ4v) is 2.28. The highest BCUT2D eigenvalue weighted by Crippen LogP contribution is 2.35. The van der Waals surface area contributed by atoms with Crippen LogP contribution in [0.25, 0.3) is 0 Å². The van der Waals surface area contributed by atoms with Gasteiger partial charge in [0.2, 0.25) is 0 Å². The molecule has 152 valence electrons. The molecule has 2 N–H and O–H groups in total. The van der Waals surface area contributed by atoms with Gasteiger partial charge in [0.05, 0.1) is 17.1 Å². The average molecular weight is 422 g/mol. The Balaban J connectivity index is 3.08. The molecule has 0 radical (unpaired) electrons. The van der Waals surface area contributed by atoms with Crippen LogP contribution in [-0.2, 0) is 11.2 Å². The van der Waals surface area contributed by atoms with Gasteiger partial charge >= 0.3 is 18.3 Å². The van der Waals surface area contributed by atoms with Crippen LogP contribution in [0.3, 0.4) is 0 Å². The molecule has 27 heavy (non-hydrogen) atoms. The predicted octanol–water partition coefficient (Wildman–Crippen LogP) is 4.42. The number of carboxylic acid groups (broad SMARTS) is 1. The van der Waals surface area contributed by atoms with Crippen molar-refractivity contribution in [2.24, 2.45) is 0 Å². The number of amides is 1. The van der Waals surface area contributed by atoms with Gasteiger partial charge in [0.1, 0.15) is 11.4 Å². The van der Waals surface area contributed by atoms with Gasteiger partial charge in [-0.3, -0.25) is 4.79 Å². The zero-order valence-corrected chi connectivity index (χ0v) is 14.6. The normalized spacial score (nSPS) is 12.6. The summed E-state index contributed by atoms with van der Waals surface area (Å²) in [5.74, 6) is -8.10. The molecule has 0 atom stereocenters. The van der Waals surface area contributed by atoms with E-state index in [4.69, 9.17) is 16.7 Å². The maximum atomic E-state index is 14.5. The molecule has 0 fully saturated rings. The van der Waals surface area contributed by atoms with Crippen molar-refractivity contribution in [2.75, 3.05) is 6.54 Å². The maximum Gasteiger partial charge on any atom is 0.506 e. The number of rotatable bonds is 6. The van der Waals surface area contributed by atoms with Gasteiger partial charge in [0.25, 0.3) is 5.91 Å². The third kappa shape index (κ3) is 5.91. The number of halogens is 7. The molecule has 0 bridgehead atoms. The molecule has 0 spiro atoms. The van der Waals surface area contributed by atoms with Crippen molar-refractivity contribution in [3.63, 3.8) is 0 Å². The quantitative estimate of drug-likeness (QED) is 0.526. The van der Waals surface area contributed by atoms with Crippen LogP contribution < -0.4 is 5.32 Å². The lowest BCUT2D eigenvalue weighted by Gasteiger charge is -2.24. The molecule has 0 aliphatic rings. The summed E-state index contributed by atoms with van der Waals surface area (Å²) < 4.78 is 81.3. The second-order valence-electron chi connectivity index (χ2n) is 6.08. The minimum absolute atomic E-state index is 0.251. The Kier molecular flexibility index (Phi) is 6.63. The zero-order valence-electron chi connectivity index (χ0n) is 13.9. The molecule has 1 rings (SSSR count). The van der Waals surface area contributed by atoms with E-state index >= 15 is 0 Å². The van der Waals surface area contributed by atoms with Gasteiger partial charge in [-0.1, -0.05) is 17.7 Å². The predicted molar refractivity (Wildman–Crippen MR) is 81.6 cm³/mol. The second-order valence-corrected chi connectivity index (χ2v) is 6.49. The summed E-state index contributed by atoms with van der Waals surface area (Å²) in [7, 11) is 0. The van der Waals surface area contributed by atoms with E-state index in [2.05, 4.69) is 4.74 Å². The van der Waals surface area contributed by atoms with E-state index in [1.807, 2.05) is 0 Å². The highest BCUT2D eigenvalue weighted by molar-refractivity contribution is 6.33. The number of ether oxygens (including phenoxy) is 1. The number of carbonyl (C=O) groups is 2. The molecule has 0 aliphatic heterocycles. The number of hydrogen-bond donors (Lipinski definition) is 2. The topological polar surface area (TPSA) is 75.6 Å². The van der Waals surface area contributed by atoms with Gasteiger partial charge in [0, 0.05) is 6.42 Å². The van der Waals surface area contributed by atoms with Crippen LogP contribution in [-0.4, -0.2) is 41.4 Å². The molecule has 5 nitrogen and oxygen atoms in total. The molecule has 1 aromatic carbocycles. The Bertz CT molecular complexity index is 736. The summed E-state index contributed by atoms with van der Waals surface area (Å²) in [5.41, 5.74) is -2.62. The number of carbonyl (C=O) groups excluding carboxylic acids is 1. The molecule has 0 aliphatic carbocycles. The van der Waals surface area contributed by atoms with E-state index in [0.717, 1.165) is 12.1 Å². The van der Waals surface area contributed by atoms with E-state index in [1.54, 1.807) is 0 Å². The zero-order chi connectivity index (χ0) is 21.2. The molecule has 0 unspecified atom stereocenters. The number of alkyl halides is 5. The number of benzene rings is 1. The average Bonchev–Trinajstić information content (AvgIpc) is 2.45. The van der Waals surface area contributed by atoms with E-state index in [1.165, 1.54) is 19.2 Å². The minimum Gasteiger partial charge on any atom is -0.450 e. The number of hydrogen-bond acceptors (Lipinski definition) is 3. The monoisotopic (exact) mass is 421 g/mol. The van der Waals surface area contributed by atoms with E-state index in [-0.39, 0.29) is 12.0 Å². The fraction of sp³-hybridized carbons (Fsp3) is 0.467. The lowest BCUT2D eigenvalue weighted by molar-refractivity contribution is -0.278. The first-order valence-corrected chi connectivity index (χ1v) is 7.57. The van der Waals surface area contributed by atoms with Crippen LogP contribution >= 0.6 is 11.6 Å². The van der Waals surface area contributed by atoms with Crippen molar-refractivity contribution in [1.29, 1.82) is 0 Å². The van der Waals surface area contributed by atoms with Gasteiger partial charge in [-0.25, -0.2) is 9.18 Å². The molecule has 12 heteroatoms. The van der Waals surface area contributed by atoms with Gasteiger partial charge in [-0.05, 0) is 25.5 Å². The van der Waals surface area contributed by atoms with Crippen molar-refractivity contribution in [2.45, 2.75) is 38.0 Å². The Labute approximate surface area is 154 Å². The first-order chi connectivity index (χ1) is 12.1. The van der Waals surface area contributed by atoms with Crippen molar-refractivity contribution >= 4 is 23.7 Å². The van der Waals surface area contributed by atoms with Crippen LogP contribution in [0, 0.1) is 5.82 Å². The van der Waals surface area contributed by atoms with Crippen LogP contribution in [0.1, 0.15) is 29.8 Å². The standard InChI is InChI=1S/C15H14ClF6NO4/c1-13(2,27-12(25)26)5-7-3-4-8(16)9(10(7)17)11(24)23-6-14(18,19)15(20,21)22/h3-4H,5-6H2,1-2H3,(H,23,24)(H,25,26). The third-order valence-electron chi connectivity index (χ3n) is 3.26. The highest BCUT2D eigenvalue weighted by atomic mass is 35.5. The van der Waals surface area contributed by atoms with Crippen molar-refractivity contribution in [3.05, 3.63) is 34.1 Å². The Morgan fingerprint density at radius 2 is 1.74 bits per heavy atom. The fourth-order valence-electron chi connectivity index (χ4n) is 2.05. The highest BCUT2D eigenvalue weighted by Gasteiger charge is 2.57. The number of nitrogens with one attached hydrogen (secondary N) is 1. The van der Waals surface area contributed by atoms with Gasteiger partial charge in [-0.15, -0.1) is 0 Å². The molecule has 0 saturated carbocycles. The molecule has 0 heterocycles. The SMILES string of the molecule is CC(C)(Cc1ccc(Cl)c(C(=O)NCC(F)(F)C(F)(F)F)c1F)OC(=O)O. The van der Waals surface area contributed by atoms with Crippen molar-refractivity contribution in [1.82, 2.24) is 5.32 Å². The van der Waals surface area contributed by atoms with Crippen LogP contribution in [0.5, 0.6) is 0 Å². The van der Waals surface area contributed by atoms with Gasteiger partial charge in [0.15, 0.2) is 0 Å². The Hall–Kier alpha value is -2.17. The van der Waals surface area contributed by atoms with Crippen LogP contribution in [0.15, 0.2) is 12.1 Å². The summed E-state index contributed by atoms with van der Waals surface area (Å²) in [6.07, 6.45) is -7.90. The molecule has 0 saturated heterocycles. The molecular formula is C15H14ClF6NO4. The van der Waals surface area contributed by atoms with Crippen LogP contribution in [0.4, 0.5) is 31.1 Å². The van der Waals surface area contributed by atoms with Gasteiger partial charge in [-0.2, -0.15) is 22.0 Å². The van der Waals surface area contributed by atoms with Crippen LogP contribution in [0.2, 0.25) is 5.02 Å². The summed E-state index contributed by atoms with van der Waals surface area (Å²) >= 11 is 5.66. The van der Waals surface area contributed by atoms with Crippen molar-refractivity contribution < 1.29 is 45.8 Å². The van der Waals surface area contributed by atoms with E-state index < -0.39 is 52.7 Å². The first-order valence-electron chi connectivity index (χ1n) is 7.19. The van der Waals surface area contributed by atoms with Crippen molar-refractivity contribution in [3.8, 4) is 0 Å². The third-order valence-corrected chi connectivity index (χ3v) is 3.58. The van der Waals surface area contributed by atoms with Gasteiger partial charge < -0.3 is 15.2 Å². The molecular weight excluding hydrogens is 408 g/mol. The smallest absolute Gasteiger partial charge is 0.450 e. The Morgan fingerprint density at radius 3 is 2.22 bits per heavy atom. The molecule has 1 amide bonds.